The van der Waals surface area contributed by atoms with Crippen molar-refractivity contribution in [3.8, 4) is 0 Å². The van der Waals surface area contributed by atoms with Crippen LogP contribution in [0, 0.1) is 0 Å². The standard InChI is InChI=1S/C17H14Br2N4/c18-13-5-1-11(2-6-13)15-9-16(12-3-7-14(19)8-4-12)23-17(22-15)20-10-21-23/h1-8,10,15-16H,9H2,(H,20,21,22)/t15-,16+/m1/s1. The Hall–Kier alpha value is -1.66. The molecule has 116 valence electrons. The van der Waals surface area contributed by atoms with Crippen LogP contribution in [0.15, 0.2) is 63.8 Å². The van der Waals surface area contributed by atoms with Gasteiger partial charge in [0.05, 0.1) is 12.1 Å². The Kier molecular flexibility index (Phi) is 3.95. The Labute approximate surface area is 151 Å². The van der Waals surface area contributed by atoms with Gasteiger partial charge in [-0.15, -0.1) is 0 Å². The van der Waals surface area contributed by atoms with Gasteiger partial charge in [0.25, 0.3) is 0 Å². The molecule has 0 spiro atoms. The van der Waals surface area contributed by atoms with Crippen LogP contribution < -0.4 is 5.32 Å². The van der Waals surface area contributed by atoms with E-state index in [-0.39, 0.29) is 12.1 Å². The van der Waals surface area contributed by atoms with E-state index in [1.807, 2.05) is 4.68 Å². The summed E-state index contributed by atoms with van der Waals surface area (Å²) < 4.78 is 4.14. The summed E-state index contributed by atoms with van der Waals surface area (Å²) >= 11 is 6.99. The summed E-state index contributed by atoms with van der Waals surface area (Å²) in [4.78, 5) is 4.37. The fourth-order valence-electron chi connectivity index (χ4n) is 3.00. The summed E-state index contributed by atoms with van der Waals surface area (Å²) in [6, 6.07) is 17.3. The number of hydrogen-bond acceptors (Lipinski definition) is 3. The van der Waals surface area contributed by atoms with Crippen LogP contribution in [0.25, 0.3) is 0 Å². The molecule has 0 amide bonds. The van der Waals surface area contributed by atoms with Gasteiger partial charge in [-0.25, -0.2) is 4.68 Å². The second-order valence-corrected chi connectivity index (χ2v) is 7.41. The van der Waals surface area contributed by atoms with E-state index in [1.165, 1.54) is 11.1 Å². The molecule has 2 aromatic carbocycles. The largest absolute Gasteiger partial charge is 0.348 e. The van der Waals surface area contributed by atoms with Crippen molar-refractivity contribution in [1.29, 1.82) is 0 Å². The second-order valence-electron chi connectivity index (χ2n) is 5.58. The molecule has 3 aromatic rings. The molecule has 1 aromatic heterocycles. The number of nitrogens with one attached hydrogen (secondary N) is 1. The molecule has 1 aliphatic heterocycles. The van der Waals surface area contributed by atoms with Crippen molar-refractivity contribution in [3.63, 3.8) is 0 Å². The van der Waals surface area contributed by atoms with Crippen molar-refractivity contribution in [3.05, 3.63) is 74.9 Å². The molecule has 0 fully saturated rings. The third-order valence-electron chi connectivity index (χ3n) is 4.16. The van der Waals surface area contributed by atoms with E-state index in [2.05, 4.69) is 95.8 Å². The van der Waals surface area contributed by atoms with Gasteiger partial charge in [-0.2, -0.15) is 10.1 Å². The number of benzene rings is 2. The lowest BCUT2D eigenvalue weighted by Gasteiger charge is -2.31. The normalized spacial score (nSPS) is 19.9. The average molecular weight is 434 g/mol. The fraction of sp³-hybridized carbons (Fsp3) is 0.176. The SMILES string of the molecule is Brc1ccc([C@H]2C[C@@H](c3ccc(Br)cc3)n3ncnc3N2)cc1. The van der Waals surface area contributed by atoms with Crippen molar-refractivity contribution in [1.82, 2.24) is 14.8 Å². The summed E-state index contributed by atoms with van der Waals surface area (Å²) in [6.07, 6.45) is 2.54. The Balaban J connectivity index is 1.71. The molecule has 1 aliphatic rings. The Bertz CT molecular complexity index is 811. The average Bonchev–Trinajstić information content (AvgIpc) is 3.04. The lowest BCUT2D eigenvalue weighted by molar-refractivity contribution is 0.431. The number of hydrogen-bond donors (Lipinski definition) is 1. The first-order valence-electron chi connectivity index (χ1n) is 7.38. The van der Waals surface area contributed by atoms with Gasteiger partial charge in [-0.3, -0.25) is 0 Å². The molecule has 0 aliphatic carbocycles. The summed E-state index contributed by atoms with van der Waals surface area (Å²) in [5.41, 5.74) is 2.49. The second kappa shape index (κ2) is 6.09. The van der Waals surface area contributed by atoms with Gasteiger partial charge >= 0.3 is 0 Å². The molecule has 0 radical (unpaired) electrons. The molecule has 2 atom stereocenters. The topological polar surface area (TPSA) is 42.7 Å². The molecular formula is C17H14Br2N4. The van der Waals surface area contributed by atoms with Crippen LogP contribution in [0.4, 0.5) is 5.95 Å². The summed E-state index contributed by atoms with van der Waals surface area (Å²) in [5, 5.41) is 7.89. The predicted octanol–water partition coefficient (Wildman–Crippen LogP) is 4.95. The van der Waals surface area contributed by atoms with Crippen LogP contribution in [0.2, 0.25) is 0 Å². The molecule has 4 nitrogen and oxygen atoms in total. The van der Waals surface area contributed by atoms with E-state index in [1.54, 1.807) is 6.33 Å². The van der Waals surface area contributed by atoms with Gasteiger partial charge in [0, 0.05) is 8.95 Å². The van der Waals surface area contributed by atoms with Gasteiger partial charge < -0.3 is 5.32 Å². The minimum absolute atomic E-state index is 0.176. The van der Waals surface area contributed by atoms with Gasteiger partial charge in [-0.05, 0) is 41.8 Å². The van der Waals surface area contributed by atoms with E-state index in [0.717, 1.165) is 21.3 Å². The third-order valence-corrected chi connectivity index (χ3v) is 5.22. The van der Waals surface area contributed by atoms with Gasteiger partial charge in [0.2, 0.25) is 5.95 Å². The Morgan fingerprint density at radius 2 is 1.52 bits per heavy atom. The molecule has 2 heterocycles. The molecule has 0 saturated heterocycles. The zero-order chi connectivity index (χ0) is 15.8. The number of anilines is 1. The van der Waals surface area contributed by atoms with Crippen LogP contribution >= 0.6 is 31.9 Å². The van der Waals surface area contributed by atoms with E-state index in [0.29, 0.717) is 0 Å². The molecular weight excluding hydrogens is 420 g/mol. The molecule has 1 N–H and O–H groups in total. The first-order chi connectivity index (χ1) is 11.2. The quantitative estimate of drug-likeness (QED) is 0.621. The highest BCUT2D eigenvalue weighted by atomic mass is 79.9. The van der Waals surface area contributed by atoms with Crippen LogP contribution in [-0.2, 0) is 0 Å². The minimum Gasteiger partial charge on any atom is -0.348 e. The van der Waals surface area contributed by atoms with Crippen LogP contribution in [0.1, 0.15) is 29.6 Å². The van der Waals surface area contributed by atoms with Crippen molar-refractivity contribution in [2.45, 2.75) is 18.5 Å². The fourth-order valence-corrected chi connectivity index (χ4v) is 3.52. The van der Waals surface area contributed by atoms with Crippen LogP contribution in [0.3, 0.4) is 0 Å². The predicted molar refractivity (Wildman–Crippen MR) is 97.4 cm³/mol. The lowest BCUT2D eigenvalue weighted by Crippen LogP contribution is -2.28. The van der Waals surface area contributed by atoms with E-state index in [9.17, 15) is 0 Å². The smallest absolute Gasteiger partial charge is 0.222 e. The summed E-state index contributed by atoms with van der Waals surface area (Å²) in [6.45, 7) is 0. The van der Waals surface area contributed by atoms with Crippen molar-refractivity contribution >= 4 is 37.8 Å². The van der Waals surface area contributed by atoms with Crippen molar-refractivity contribution in [2.24, 2.45) is 0 Å². The number of nitrogens with zero attached hydrogens (tertiary/aromatic N) is 3. The number of rotatable bonds is 2. The zero-order valence-corrected chi connectivity index (χ0v) is 15.3. The van der Waals surface area contributed by atoms with Gasteiger partial charge in [-0.1, -0.05) is 56.1 Å². The van der Waals surface area contributed by atoms with E-state index < -0.39 is 0 Å². The summed E-state index contributed by atoms with van der Waals surface area (Å²) in [7, 11) is 0. The Morgan fingerprint density at radius 1 is 0.913 bits per heavy atom. The molecule has 6 heteroatoms. The maximum atomic E-state index is 4.40. The number of fused-ring (bicyclic) bond motifs is 1. The highest BCUT2D eigenvalue weighted by molar-refractivity contribution is 9.10. The Morgan fingerprint density at radius 3 is 2.17 bits per heavy atom. The van der Waals surface area contributed by atoms with E-state index >= 15 is 0 Å². The van der Waals surface area contributed by atoms with Crippen LogP contribution in [0.5, 0.6) is 0 Å². The molecule has 0 saturated carbocycles. The monoisotopic (exact) mass is 432 g/mol. The van der Waals surface area contributed by atoms with Crippen LogP contribution in [-0.4, -0.2) is 14.8 Å². The van der Waals surface area contributed by atoms with Crippen molar-refractivity contribution in [2.75, 3.05) is 5.32 Å². The van der Waals surface area contributed by atoms with Gasteiger partial charge in [0.15, 0.2) is 0 Å². The van der Waals surface area contributed by atoms with Gasteiger partial charge in [0.1, 0.15) is 6.33 Å². The number of aromatic nitrogens is 3. The molecule has 0 unspecified atom stereocenters. The maximum absolute atomic E-state index is 4.40. The highest BCUT2D eigenvalue weighted by Crippen LogP contribution is 2.37. The molecule has 0 bridgehead atoms. The summed E-state index contributed by atoms with van der Waals surface area (Å²) in [5.74, 6) is 0.817. The lowest BCUT2D eigenvalue weighted by atomic mass is 9.93. The van der Waals surface area contributed by atoms with Crippen molar-refractivity contribution < 1.29 is 0 Å². The zero-order valence-electron chi connectivity index (χ0n) is 12.2. The third kappa shape index (κ3) is 2.93. The minimum atomic E-state index is 0.176. The highest BCUT2D eigenvalue weighted by Gasteiger charge is 2.29. The molecule has 4 rings (SSSR count). The maximum Gasteiger partial charge on any atom is 0.222 e. The first kappa shape index (κ1) is 14.9. The number of halogens is 2. The first-order valence-corrected chi connectivity index (χ1v) is 8.96. The molecule has 23 heavy (non-hydrogen) atoms. The van der Waals surface area contributed by atoms with E-state index in [4.69, 9.17) is 0 Å².